The number of hydrogen-bond acceptors (Lipinski definition) is 4. The Balaban J connectivity index is 0.00000312. The molecule has 0 saturated heterocycles. The average molecular weight is 801 g/mol. The molecule has 0 fully saturated rings. The van der Waals surface area contributed by atoms with Gasteiger partial charge < -0.3 is 22.1 Å². The zero-order valence-electron chi connectivity index (χ0n) is 13.9. The molecule has 2 aromatic rings. The molecule has 0 heterocycles. The summed E-state index contributed by atoms with van der Waals surface area (Å²) >= 11 is 8.42. The Bertz CT molecular complexity index is 763. The molecule has 5 nitrogen and oxygen atoms in total. The van der Waals surface area contributed by atoms with Crippen LogP contribution in [0.15, 0.2) is 24.3 Å². The second-order valence-electron chi connectivity index (χ2n) is 4.88. The number of halogens is 4. The minimum absolute atomic E-state index is 0. The topological polar surface area (TPSA) is 92.8 Å². The molecule has 0 radical (unpaired) electrons. The van der Waals surface area contributed by atoms with E-state index < -0.39 is 12.0 Å². The molecule has 0 bridgehead atoms. The van der Waals surface area contributed by atoms with E-state index >= 15 is 0 Å². The second kappa shape index (κ2) is 10.8. The Morgan fingerprint density at radius 2 is 1.56 bits per heavy atom. The number of phenols is 1. The van der Waals surface area contributed by atoms with Crippen LogP contribution in [-0.4, -0.2) is 22.2 Å². The van der Waals surface area contributed by atoms with Crippen LogP contribution in [0, 0.1) is 14.3 Å². The van der Waals surface area contributed by atoms with Crippen LogP contribution in [0.2, 0.25) is 0 Å². The maximum Gasteiger partial charge on any atom is 1.00 e. The van der Waals surface area contributed by atoms with Crippen LogP contribution in [-0.2, 0) is 11.2 Å². The molecule has 0 aliphatic carbocycles. The second-order valence-corrected chi connectivity index (χ2v) is 9.52. The summed E-state index contributed by atoms with van der Waals surface area (Å²) in [6.07, 6.45) is 0.261. The van der Waals surface area contributed by atoms with Gasteiger partial charge in [0.15, 0.2) is 5.75 Å². The summed E-state index contributed by atoms with van der Waals surface area (Å²) in [6, 6.07) is 6.34. The smallest absolute Gasteiger partial charge is 1.00 e. The molecule has 0 amide bonds. The molecule has 0 saturated carbocycles. The number of carboxylic acids is 1. The Labute approximate surface area is 223 Å². The standard InChI is InChI=1S/C15H11I4NO4.Na.H/c16-8-4-7(5-9(17)13(8)21)24-14-10(18)1-6(2-11(14)19)3-12(20)15(22)23;;/h1-2,4-5,12,21H,3,20H2,(H,22,23);;/q;+1;-1/t12-;;/m1../s1. The molecule has 2 aromatic carbocycles. The summed E-state index contributed by atoms with van der Waals surface area (Å²) in [7, 11) is 0. The SMILES string of the molecule is N[C@H](Cc1cc(I)c(Oc2cc(I)c(O)c(I)c2)c(I)c1)C(=O)O.[H-].[Na+]. The summed E-state index contributed by atoms with van der Waals surface area (Å²) in [4.78, 5) is 10.9. The molecule has 10 heteroatoms. The molecule has 2 rings (SSSR count). The van der Waals surface area contributed by atoms with Gasteiger partial charge in [0.2, 0.25) is 0 Å². The Hall–Kier alpha value is 1.39. The van der Waals surface area contributed by atoms with Crippen molar-refractivity contribution in [1.82, 2.24) is 0 Å². The van der Waals surface area contributed by atoms with Crippen molar-refractivity contribution in [2.45, 2.75) is 12.5 Å². The predicted molar refractivity (Wildman–Crippen MR) is 126 cm³/mol. The summed E-state index contributed by atoms with van der Waals surface area (Å²) in [5, 5.41) is 18.8. The first-order valence-electron chi connectivity index (χ1n) is 6.51. The molecule has 4 N–H and O–H groups in total. The first kappa shape index (κ1) is 24.4. The number of hydrogen-bond donors (Lipinski definition) is 3. The number of carbonyl (C=O) groups is 1. The van der Waals surface area contributed by atoms with Crippen LogP contribution in [0.25, 0.3) is 0 Å². The maximum absolute atomic E-state index is 10.9. The monoisotopic (exact) mass is 801 g/mol. The minimum atomic E-state index is -1.02. The van der Waals surface area contributed by atoms with Gasteiger partial charge in [-0.1, -0.05) is 0 Å². The molecule has 1 atom stereocenters. The van der Waals surface area contributed by atoms with E-state index in [1.54, 1.807) is 12.1 Å². The largest absolute Gasteiger partial charge is 1.00 e. The van der Waals surface area contributed by atoms with Crippen molar-refractivity contribution in [3.05, 3.63) is 44.1 Å². The van der Waals surface area contributed by atoms with Crippen LogP contribution < -0.4 is 40.0 Å². The molecule has 0 aromatic heterocycles. The van der Waals surface area contributed by atoms with Gasteiger partial charge in [-0.05, 0) is 127 Å². The first-order valence-corrected chi connectivity index (χ1v) is 10.8. The van der Waals surface area contributed by atoms with E-state index in [1.165, 1.54) is 0 Å². The number of ether oxygens (including phenoxy) is 1. The van der Waals surface area contributed by atoms with Gasteiger partial charge >= 0.3 is 35.5 Å². The summed E-state index contributed by atoms with van der Waals surface area (Å²) in [5.74, 6) is 0.549. The van der Waals surface area contributed by atoms with Crippen molar-refractivity contribution in [2.75, 3.05) is 0 Å². The van der Waals surface area contributed by atoms with Gasteiger partial charge in [-0.3, -0.25) is 4.79 Å². The molecule has 0 spiro atoms. The van der Waals surface area contributed by atoms with Crippen molar-refractivity contribution in [3.63, 3.8) is 0 Å². The van der Waals surface area contributed by atoms with Crippen LogP contribution in [0.1, 0.15) is 6.99 Å². The number of benzene rings is 2. The quantitative estimate of drug-likeness (QED) is 0.317. The molecule has 0 aliphatic heterocycles. The number of aliphatic carboxylic acids is 1. The molecule has 0 aliphatic rings. The van der Waals surface area contributed by atoms with Gasteiger partial charge in [-0.2, -0.15) is 0 Å². The first-order chi connectivity index (χ1) is 11.2. The van der Waals surface area contributed by atoms with Crippen molar-refractivity contribution >= 4 is 96.3 Å². The van der Waals surface area contributed by atoms with E-state index in [0.29, 0.717) is 18.6 Å². The van der Waals surface area contributed by atoms with E-state index in [-0.39, 0.29) is 43.2 Å². The fourth-order valence-electron chi connectivity index (χ4n) is 1.89. The van der Waals surface area contributed by atoms with Crippen LogP contribution >= 0.6 is 90.4 Å². The van der Waals surface area contributed by atoms with Gasteiger partial charge in [0.25, 0.3) is 0 Å². The zero-order chi connectivity index (χ0) is 18.0. The number of carboxylic acid groups (broad SMARTS) is 1. The maximum atomic E-state index is 10.9. The fraction of sp³-hybridized carbons (Fsp3) is 0.133. The van der Waals surface area contributed by atoms with E-state index in [4.69, 9.17) is 15.6 Å². The third kappa shape index (κ3) is 6.74. The third-order valence-corrected chi connectivity index (χ3v) is 6.29. The van der Waals surface area contributed by atoms with E-state index in [1.807, 2.05) is 12.1 Å². The summed E-state index contributed by atoms with van der Waals surface area (Å²) in [5.41, 5.74) is 6.44. The summed E-state index contributed by atoms with van der Waals surface area (Å²) < 4.78 is 9.14. The van der Waals surface area contributed by atoms with Gasteiger partial charge in [0, 0.05) is 0 Å². The van der Waals surface area contributed by atoms with Crippen molar-refractivity contribution in [1.29, 1.82) is 0 Å². The van der Waals surface area contributed by atoms with Gasteiger partial charge in [-0.15, -0.1) is 0 Å². The van der Waals surface area contributed by atoms with Crippen LogP contribution in [0.4, 0.5) is 0 Å². The zero-order valence-corrected chi connectivity index (χ0v) is 23.5. The fourth-order valence-corrected chi connectivity index (χ4v) is 5.72. The number of aromatic hydroxyl groups is 1. The van der Waals surface area contributed by atoms with Crippen molar-refractivity contribution in [2.24, 2.45) is 5.73 Å². The Morgan fingerprint density at radius 3 is 2.00 bits per heavy atom. The normalized spacial score (nSPS) is 11.6. The number of phenolic OH excluding ortho intramolecular Hbond substituents is 1. The van der Waals surface area contributed by atoms with Crippen molar-refractivity contribution in [3.8, 4) is 17.2 Å². The third-order valence-electron chi connectivity index (χ3n) is 3.04. The van der Waals surface area contributed by atoms with E-state index in [9.17, 15) is 9.90 Å². The van der Waals surface area contributed by atoms with E-state index in [0.717, 1.165) is 12.7 Å². The van der Waals surface area contributed by atoms with Gasteiger partial charge in [-0.25, -0.2) is 0 Å². The predicted octanol–water partition coefficient (Wildman–Crippen LogP) is 1.67. The summed E-state index contributed by atoms with van der Waals surface area (Å²) in [6.45, 7) is 0. The van der Waals surface area contributed by atoms with Crippen LogP contribution in [0.3, 0.4) is 0 Å². The number of rotatable bonds is 5. The Kier molecular flexibility index (Phi) is 10.6. The molecule has 25 heavy (non-hydrogen) atoms. The van der Waals surface area contributed by atoms with Crippen molar-refractivity contribution < 1.29 is 50.7 Å². The van der Waals surface area contributed by atoms with E-state index in [2.05, 4.69) is 90.4 Å². The molecule has 0 unspecified atom stereocenters. The van der Waals surface area contributed by atoms with Gasteiger partial charge in [0.05, 0.1) is 14.3 Å². The molecule has 130 valence electrons. The number of nitrogens with two attached hydrogens (primary N) is 1. The molecular weight excluding hydrogens is 789 g/mol. The molecular formula is C15H12I4NNaO4. The minimum Gasteiger partial charge on any atom is -1.00 e. The Morgan fingerprint density at radius 1 is 1.08 bits per heavy atom. The average Bonchev–Trinajstić information content (AvgIpc) is 2.48. The van der Waals surface area contributed by atoms with Crippen LogP contribution in [0.5, 0.6) is 17.2 Å². The van der Waals surface area contributed by atoms with Gasteiger partial charge in [0.1, 0.15) is 17.5 Å².